The number of alkyl halides is 3. The Hall–Kier alpha value is -3.05. The lowest BCUT2D eigenvalue weighted by molar-refractivity contribution is -0.141. The molecular formula is C22H18F3N3O3S2. The molecule has 0 spiro atoms. The molecule has 0 aliphatic carbocycles. The number of hydrogen-bond donors (Lipinski definition) is 2. The number of rotatable bonds is 6. The van der Waals surface area contributed by atoms with Crippen LogP contribution in [-0.2, 0) is 15.7 Å². The van der Waals surface area contributed by atoms with Crippen molar-refractivity contribution in [3.8, 4) is 0 Å². The van der Waals surface area contributed by atoms with Crippen molar-refractivity contribution in [1.29, 1.82) is 0 Å². The zero-order valence-electron chi connectivity index (χ0n) is 17.2. The highest BCUT2D eigenvalue weighted by Gasteiger charge is 2.40. The summed E-state index contributed by atoms with van der Waals surface area (Å²) in [6, 6.07) is 10.4. The number of ether oxygens (including phenoxy) is 1. The van der Waals surface area contributed by atoms with Crippen LogP contribution >= 0.6 is 23.1 Å². The highest BCUT2D eigenvalue weighted by atomic mass is 32.2. The number of esters is 1. The van der Waals surface area contributed by atoms with Crippen LogP contribution in [0.5, 0.6) is 0 Å². The van der Waals surface area contributed by atoms with Gasteiger partial charge in [0, 0.05) is 11.4 Å². The third-order valence-electron chi connectivity index (χ3n) is 4.84. The Balaban J connectivity index is 1.74. The van der Waals surface area contributed by atoms with E-state index in [0.717, 1.165) is 16.3 Å². The van der Waals surface area contributed by atoms with Crippen LogP contribution in [0.4, 0.5) is 18.0 Å². The molecule has 2 N–H and O–H groups in total. The van der Waals surface area contributed by atoms with Crippen LogP contribution in [0.1, 0.15) is 24.1 Å². The van der Waals surface area contributed by atoms with Gasteiger partial charge in [-0.25, -0.2) is 14.6 Å². The summed E-state index contributed by atoms with van der Waals surface area (Å²) in [7, 11) is 0. The SMILES string of the molecule is CCOC(=O)C1=C(CSc2nc3ccccc3s2)NC(=O)N[C@H]1c1ccccc1C(F)(F)F. The smallest absolute Gasteiger partial charge is 0.416 e. The average molecular weight is 494 g/mol. The Labute approximate surface area is 195 Å². The molecule has 11 heteroatoms. The number of carbonyl (C=O) groups excluding carboxylic acids is 2. The number of nitrogens with one attached hydrogen (secondary N) is 2. The average Bonchev–Trinajstić information content (AvgIpc) is 3.20. The number of benzene rings is 2. The minimum atomic E-state index is -4.66. The van der Waals surface area contributed by atoms with Gasteiger partial charge in [0.2, 0.25) is 0 Å². The van der Waals surface area contributed by atoms with E-state index in [-0.39, 0.29) is 29.2 Å². The number of aromatic nitrogens is 1. The topological polar surface area (TPSA) is 80.3 Å². The van der Waals surface area contributed by atoms with Crippen LogP contribution in [0.25, 0.3) is 10.2 Å². The Kier molecular flexibility index (Phi) is 6.61. The molecule has 2 aromatic carbocycles. The van der Waals surface area contributed by atoms with Gasteiger partial charge in [-0.3, -0.25) is 0 Å². The number of thioether (sulfide) groups is 1. The Morgan fingerprint density at radius 1 is 1.18 bits per heavy atom. The number of amides is 2. The lowest BCUT2D eigenvalue weighted by atomic mass is 9.91. The molecule has 1 aliphatic heterocycles. The summed E-state index contributed by atoms with van der Waals surface area (Å²) in [5, 5.41) is 5.02. The molecule has 2 heterocycles. The molecule has 0 radical (unpaired) electrons. The Bertz CT molecular complexity index is 1210. The first-order valence-corrected chi connectivity index (χ1v) is 11.7. The van der Waals surface area contributed by atoms with Gasteiger partial charge in [0.15, 0.2) is 4.34 Å². The monoisotopic (exact) mass is 493 g/mol. The maximum absolute atomic E-state index is 13.7. The normalized spacial score (nSPS) is 16.5. The van der Waals surface area contributed by atoms with Crippen molar-refractivity contribution in [1.82, 2.24) is 15.6 Å². The zero-order chi connectivity index (χ0) is 23.6. The molecule has 0 saturated carbocycles. The summed E-state index contributed by atoms with van der Waals surface area (Å²) < 4.78 is 47.8. The molecule has 0 bridgehead atoms. The van der Waals surface area contributed by atoms with E-state index < -0.39 is 29.8 Å². The summed E-state index contributed by atoms with van der Waals surface area (Å²) in [4.78, 5) is 29.7. The summed E-state index contributed by atoms with van der Waals surface area (Å²) in [6.07, 6.45) is -4.66. The number of urea groups is 1. The van der Waals surface area contributed by atoms with E-state index in [4.69, 9.17) is 4.74 Å². The summed E-state index contributed by atoms with van der Waals surface area (Å²) in [5.41, 5.74) is -0.233. The Morgan fingerprint density at radius 2 is 1.91 bits per heavy atom. The second kappa shape index (κ2) is 9.44. The quantitative estimate of drug-likeness (QED) is 0.361. The third-order valence-corrected chi connectivity index (χ3v) is 7.05. The minimum absolute atomic E-state index is 0.0300. The number of halogens is 3. The molecule has 1 atom stereocenters. The molecule has 4 rings (SSSR count). The molecule has 3 aromatic rings. The fourth-order valence-corrected chi connectivity index (χ4v) is 5.51. The number of fused-ring (bicyclic) bond motifs is 1. The summed E-state index contributed by atoms with van der Waals surface area (Å²) in [5.74, 6) is -0.682. The van der Waals surface area contributed by atoms with Crippen molar-refractivity contribution < 1.29 is 27.5 Å². The van der Waals surface area contributed by atoms with Crippen LogP contribution in [0, 0.1) is 0 Å². The molecular weight excluding hydrogens is 475 g/mol. The summed E-state index contributed by atoms with van der Waals surface area (Å²) in [6.45, 7) is 1.63. The van der Waals surface area contributed by atoms with E-state index in [1.54, 1.807) is 6.92 Å². The van der Waals surface area contributed by atoms with Crippen LogP contribution < -0.4 is 10.6 Å². The van der Waals surface area contributed by atoms with Gasteiger partial charge in [0.25, 0.3) is 0 Å². The number of nitrogens with zero attached hydrogens (tertiary/aromatic N) is 1. The van der Waals surface area contributed by atoms with Crippen molar-refractivity contribution in [2.24, 2.45) is 0 Å². The first kappa shape index (κ1) is 23.1. The van der Waals surface area contributed by atoms with Crippen molar-refractivity contribution in [3.63, 3.8) is 0 Å². The maximum atomic E-state index is 13.7. The zero-order valence-corrected chi connectivity index (χ0v) is 18.9. The van der Waals surface area contributed by atoms with Gasteiger partial charge in [-0.05, 0) is 30.7 Å². The van der Waals surface area contributed by atoms with Crippen molar-refractivity contribution in [2.45, 2.75) is 23.5 Å². The molecule has 0 unspecified atom stereocenters. The van der Waals surface area contributed by atoms with E-state index in [1.165, 1.54) is 41.3 Å². The van der Waals surface area contributed by atoms with E-state index >= 15 is 0 Å². The van der Waals surface area contributed by atoms with Crippen molar-refractivity contribution >= 4 is 45.3 Å². The fraction of sp³-hybridized carbons (Fsp3) is 0.227. The molecule has 2 amide bonds. The summed E-state index contributed by atoms with van der Waals surface area (Å²) >= 11 is 2.72. The van der Waals surface area contributed by atoms with E-state index in [1.807, 2.05) is 24.3 Å². The molecule has 172 valence electrons. The third kappa shape index (κ3) is 4.98. The van der Waals surface area contributed by atoms with Crippen molar-refractivity contribution in [2.75, 3.05) is 12.4 Å². The largest absolute Gasteiger partial charge is 0.463 e. The van der Waals surface area contributed by atoms with E-state index in [9.17, 15) is 22.8 Å². The Morgan fingerprint density at radius 3 is 2.64 bits per heavy atom. The molecule has 6 nitrogen and oxygen atoms in total. The second-order valence-corrected chi connectivity index (χ2v) is 9.22. The van der Waals surface area contributed by atoms with Crippen molar-refractivity contribution in [3.05, 3.63) is 70.9 Å². The molecule has 0 saturated heterocycles. The van der Waals surface area contributed by atoms with Crippen LogP contribution in [-0.4, -0.2) is 29.3 Å². The predicted molar refractivity (Wildman–Crippen MR) is 120 cm³/mol. The second-order valence-electron chi connectivity index (χ2n) is 6.97. The van der Waals surface area contributed by atoms with Gasteiger partial charge in [-0.1, -0.05) is 42.1 Å². The van der Waals surface area contributed by atoms with Gasteiger partial charge in [-0.2, -0.15) is 13.2 Å². The van der Waals surface area contributed by atoms with Gasteiger partial charge in [-0.15, -0.1) is 11.3 Å². The van der Waals surface area contributed by atoms with E-state index in [2.05, 4.69) is 15.6 Å². The standard InChI is InChI=1S/C22H18F3N3O3S2/c1-2-31-19(29)17-15(11-32-21-27-14-9-5-6-10-16(14)33-21)26-20(30)28-18(17)12-7-3-4-8-13(12)22(23,24)25/h3-10,18H,2,11H2,1H3,(H2,26,28,30)/t18-/m0/s1. The first-order valence-electron chi connectivity index (χ1n) is 9.90. The maximum Gasteiger partial charge on any atom is 0.416 e. The number of hydrogen-bond acceptors (Lipinski definition) is 6. The number of para-hydroxylation sites is 1. The van der Waals surface area contributed by atoms with Gasteiger partial charge in [0.1, 0.15) is 0 Å². The van der Waals surface area contributed by atoms with Gasteiger partial charge >= 0.3 is 18.2 Å². The molecule has 33 heavy (non-hydrogen) atoms. The first-order chi connectivity index (χ1) is 15.8. The molecule has 0 fully saturated rings. The highest BCUT2D eigenvalue weighted by Crippen LogP contribution is 2.39. The minimum Gasteiger partial charge on any atom is -0.463 e. The fourth-order valence-electron chi connectivity index (χ4n) is 3.47. The predicted octanol–water partition coefficient (Wildman–Crippen LogP) is 5.28. The van der Waals surface area contributed by atoms with Gasteiger partial charge < -0.3 is 15.4 Å². The molecule has 1 aromatic heterocycles. The van der Waals surface area contributed by atoms with Gasteiger partial charge in [0.05, 0.1) is 34.0 Å². The number of carbonyl (C=O) groups is 2. The lowest BCUT2D eigenvalue weighted by Gasteiger charge is -2.30. The lowest BCUT2D eigenvalue weighted by Crippen LogP contribution is -2.47. The highest BCUT2D eigenvalue weighted by molar-refractivity contribution is 8.01. The van der Waals surface area contributed by atoms with Crippen LogP contribution in [0.3, 0.4) is 0 Å². The van der Waals surface area contributed by atoms with Crippen LogP contribution in [0.2, 0.25) is 0 Å². The van der Waals surface area contributed by atoms with E-state index in [0.29, 0.717) is 4.34 Å². The molecule has 1 aliphatic rings. The van der Waals surface area contributed by atoms with Crippen LogP contribution in [0.15, 0.2) is 64.1 Å². The number of thiazole rings is 1.